The molecule has 0 radical (unpaired) electrons. The number of urea groups is 1. The number of sulfonamides is 1. The van der Waals surface area contributed by atoms with Crippen LogP contribution in [0.5, 0.6) is 0 Å². The SMILES string of the molecule is Cc1noc(NS(=O)(=O)c2ccccc2-c2ccc(-c3ncco3)cc2CN2CCN(C(C)C)C2=O)c1C. The van der Waals surface area contributed by atoms with Gasteiger partial charge in [0.05, 0.1) is 16.8 Å². The van der Waals surface area contributed by atoms with E-state index in [1.807, 2.05) is 36.9 Å². The van der Waals surface area contributed by atoms with Gasteiger partial charge in [-0.05, 0) is 57.0 Å². The largest absolute Gasteiger partial charge is 0.445 e. The molecule has 4 aromatic rings. The summed E-state index contributed by atoms with van der Waals surface area (Å²) < 4.78 is 40.3. The molecule has 1 saturated heterocycles. The number of nitrogens with zero attached hydrogens (tertiary/aromatic N) is 4. The fourth-order valence-electron chi connectivity index (χ4n) is 4.53. The first kappa shape index (κ1) is 25.5. The molecule has 3 heterocycles. The highest BCUT2D eigenvalue weighted by Crippen LogP contribution is 2.35. The van der Waals surface area contributed by atoms with Crippen molar-refractivity contribution in [2.75, 3.05) is 17.8 Å². The molecule has 0 saturated carbocycles. The minimum Gasteiger partial charge on any atom is -0.445 e. The minimum atomic E-state index is -4.03. The maximum Gasteiger partial charge on any atom is 0.320 e. The maximum atomic E-state index is 13.5. The van der Waals surface area contributed by atoms with E-state index in [9.17, 15) is 13.2 Å². The molecule has 1 aliphatic rings. The van der Waals surface area contributed by atoms with Crippen LogP contribution in [-0.4, -0.2) is 53.5 Å². The van der Waals surface area contributed by atoms with Crippen molar-refractivity contribution in [3.63, 3.8) is 0 Å². The van der Waals surface area contributed by atoms with Gasteiger partial charge in [-0.1, -0.05) is 29.4 Å². The highest BCUT2D eigenvalue weighted by Gasteiger charge is 2.31. The van der Waals surface area contributed by atoms with Crippen molar-refractivity contribution < 1.29 is 22.2 Å². The van der Waals surface area contributed by atoms with Crippen molar-refractivity contribution in [2.45, 2.75) is 45.2 Å². The van der Waals surface area contributed by atoms with Gasteiger partial charge in [-0.25, -0.2) is 22.9 Å². The van der Waals surface area contributed by atoms with Crippen LogP contribution in [0.15, 0.2) is 68.8 Å². The number of anilines is 1. The van der Waals surface area contributed by atoms with Crippen LogP contribution in [0.1, 0.15) is 30.7 Å². The van der Waals surface area contributed by atoms with Gasteiger partial charge in [0.15, 0.2) is 0 Å². The van der Waals surface area contributed by atoms with Gasteiger partial charge in [-0.15, -0.1) is 0 Å². The van der Waals surface area contributed by atoms with Crippen LogP contribution < -0.4 is 4.72 Å². The first-order valence-corrected chi connectivity index (χ1v) is 13.8. The third-order valence-electron chi connectivity index (χ3n) is 6.75. The first-order chi connectivity index (χ1) is 18.2. The number of oxazole rings is 1. The molecule has 198 valence electrons. The number of aromatic nitrogens is 2. The average molecular weight is 536 g/mol. The predicted octanol–water partition coefficient (Wildman–Crippen LogP) is 5.06. The number of rotatable bonds is 8. The highest BCUT2D eigenvalue weighted by atomic mass is 32.2. The molecule has 38 heavy (non-hydrogen) atoms. The van der Waals surface area contributed by atoms with Gasteiger partial charge in [0.1, 0.15) is 6.26 Å². The smallest absolute Gasteiger partial charge is 0.320 e. The van der Waals surface area contributed by atoms with Gasteiger partial charge in [0.2, 0.25) is 11.8 Å². The number of carbonyl (C=O) groups excluding carboxylic acids is 1. The maximum absolute atomic E-state index is 13.5. The van der Waals surface area contributed by atoms with E-state index in [1.54, 1.807) is 49.2 Å². The minimum absolute atomic E-state index is 0.0498. The van der Waals surface area contributed by atoms with Crippen molar-refractivity contribution >= 4 is 21.9 Å². The van der Waals surface area contributed by atoms with Gasteiger partial charge in [0.25, 0.3) is 10.0 Å². The number of hydrogen-bond acceptors (Lipinski definition) is 7. The van der Waals surface area contributed by atoms with Crippen LogP contribution in [0.2, 0.25) is 0 Å². The Balaban J connectivity index is 1.58. The lowest BCUT2D eigenvalue weighted by molar-refractivity contribution is 0.181. The molecular formula is C27H29N5O5S. The Morgan fingerprint density at radius 3 is 2.53 bits per heavy atom. The van der Waals surface area contributed by atoms with Crippen molar-refractivity contribution in [1.82, 2.24) is 19.9 Å². The van der Waals surface area contributed by atoms with Gasteiger partial charge in [0, 0.05) is 42.4 Å². The Morgan fingerprint density at radius 1 is 1.08 bits per heavy atom. The standard InChI is InChI=1S/C27H29N5O5S/c1-17(2)32-13-12-31(27(32)33)16-21-15-20(26-28-11-14-36-26)9-10-22(21)23-7-5-6-8-24(23)38(34,35)30-25-18(3)19(4)29-37-25/h5-11,14-15,17,30H,12-13,16H2,1-4H3. The molecule has 2 aromatic carbocycles. The second kappa shape index (κ2) is 9.97. The lowest BCUT2D eigenvalue weighted by Gasteiger charge is -2.23. The third kappa shape index (κ3) is 4.76. The summed E-state index contributed by atoms with van der Waals surface area (Å²) in [7, 11) is -4.03. The highest BCUT2D eigenvalue weighted by molar-refractivity contribution is 7.92. The molecule has 1 N–H and O–H groups in total. The molecule has 0 bridgehead atoms. The monoisotopic (exact) mass is 535 g/mol. The van der Waals surface area contributed by atoms with Gasteiger partial charge in [-0.2, -0.15) is 0 Å². The zero-order valence-corrected chi connectivity index (χ0v) is 22.4. The summed E-state index contributed by atoms with van der Waals surface area (Å²) in [4.78, 5) is 21.0. The molecule has 2 amide bonds. The third-order valence-corrected chi connectivity index (χ3v) is 8.14. The van der Waals surface area contributed by atoms with Crippen LogP contribution in [0.4, 0.5) is 10.7 Å². The number of benzene rings is 2. The summed E-state index contributed by atoms with van der Waals surface area (Å²) in [5.41, 5.74) is 3.90. The molecule has 0 unspecified atom stereocenters. The molecule has 0 atom stereocenters. The zero-order chi connectivity index (χ0) is 27.0. The predicted molar refractivity (Wildman–Crippen MR) is 142 cm³/mol. The number of amides is 2. The second-order valence-electron chi connectivity index (χ2n) is 9.52. The van der Waals surface area contributed by atoms with Crippen LogP contribution in [-0.2, 0) is 16.6 Å². The van der Waals surface area contributed by atoms with E-state index in [-0.39, 0.29) is 22.9 Å². The summed E-state index contributed by atoms with van der Waals surface area (Å²) in [6.45, 7) is 8.97. The molecule has 10 nitrogen and oxygen atoms in total. The van der Waals surface area contributed by atoms with E-state index < -0.39 is 10.0 Å². The molecule has 1 fully saturated rings. The van der Waals surface area contributed by atoms with Crippen LogP contribution in [0.3, 0.4) is 0 Å². The Morgan fingerprint density at radius 2 is 1.87 bits per heavy atom. The van der Waals surface area contributed by atoms with Crippen LogP contribution in [0.25, 0.3) is 22.6 Å². The van der Waals surface area contributed by atoms with E-state index in [1.165, 1.54) is 6.26 Å². The van der Waals surface area contributed by atoms with Crippen molar-refractivity contribution in [3.05, 3.63) is 71.7 Å². The Bertz CT molecular complexity index is 1580. The van der Waals surface area contributed by atoms with Crippen molar-refractivity contribution in [1.29, 1.82) is 0 Å². The van der Waals surface area contributed by atoms with Crippen LogP contribution >= 0.6 is 0 Å². The number of carbonyl (C=O) groups is 1. The van der Waals surface area contributed by atoms with Gasteiger partial charge >= 0.3 is 6.03 Å². The van der Waals surface area contributed by atoms with Crippen molar-refractivity contribution in [2.24, 2.45) is 0 Å². The number of nitrogens with one attached hydrogen (secondary N) is 1. The van der Waals surface area contributed by atoms with Gasteiger partial charge in [-0.3, -0.25) is 0 Å². The average Bonchev–Trinajstić information content (AvgIpc) is 3.63. The van der Waals surface area contributed by atoms with E-state index in [0.717, 1.165) is 11.1 Å². The lowest BCUT2D eigenvalue weighted by atomic mass is 9.97. The molecule has 2 aromatic heterocycles. The Hall–Kier alpha value is -4.12. The molecule has 5 rings (SSSR count). The summed E-state index contributed by atoms with van der Waals surface area (Å²) in [6.07, 6.45) is 3.06. The fraction of sp³-hybridized carbons (Fsp3) is 0.296. The van der Waals surface area contributed by atoms with E-state index in [0.29, 0.717) is 47.9 Å². The normalized spacial score (nSPS) is 14.1. The van der Waals surface area contributed by atoms with E-state index in [4.69, 9.17) is 8.94 Å². The molecule has 0 spiro atoms. The first-order valence-electron chi connectivity index (χ1n) is 12.3. The Kier molecular flexibility index (Phi) is 6.70. The molecular weight excluding hydrogens is 506 g/mol. The molecule has 11 heteroatoms. The number of hydrogen-bond donors (Lipinski definition) is 1. The zero-order valence-electron chi connectivity index (χ0n) is 21.6. The van der Waals surface area contributed by atoms with Gasteiger partial charge < -0.3 is 18.7 Å². The molecule has 0 aliphatic carbocycles. The second-order valence-corrected chi connectivity index (χ2v) is 11.2. The number of aryl methyl sites for hydroxylation is 1. The summed E-state index contributed by atoms with van der Waals surface area (Å²) in [6, 6.07) is 12.4. The summed E-state index contributed by atoms with van der Waals surface area (Å²) in [5.74, 6) is 0.515. The summed E-state index contributed by atoms with van der Waals surface area (Å²) in [5, 5.41) is 3.85. The summed E-state index contributed by atoms with van der Waals surface area (Å²) >= 11 is 0. The van der Waals surface area contributed by atoms with Crippen molar-refractivity contribution in [3.8, 4) is 22.6 Å². The van der Waals surface area contributed by atoms with Crippen LogP contribution in [0, 0.1) is 13.8 Å². The lowest BCUT2D eigenvalue weighted by Crippen LogP contribution is -2.36. The Labute approximate surface area is 221 Å². The van der Waals surface area contributed by atoms with E-state index >= 15 is 0 Å². The quantitative estimate of drug-likeness (QED) is 0.335. The fourth-order valence-corrected chi connectivity index (χ4v) is 5.80. The topological polar surface area (TPSA) is 122 Å². The van der Waals surface area contributed by atoms with E-state index in [2.05, 4.69) is 14.9 Å². The molecule has 1 aliphatic heterocycles.